The van der Waals surface area contributed by atoms with E-state index in [-0.39, 0.29) is 6.10 Å². The van der Waals surface area contributed by atoms with E-state index < -0.39 is 0 Å². The SMILES string of the molecule is CCOCc1cc(OC(C)C)ccc1CSC(C)C. The van der Waals surface area contributed by atoms with Crippen LogP contribution in [0.3, 0.4) is 0 Å². The molecule has 1 aromatic rings. The lowest BCUT2D eigenvalue weighted by Crippen LogP contribution is -2.07. The van der Waals surface area contributed by atoms with E-state index in [0.29, 0.717) is 11.9 Å². The lowest BCUT2D eigenvalue weighted by atomic mass is 10.1. The van der Waals surface area contributed by atoms with Crippen LogP contribution in [-0.4, -0.2) is 18.0 Å². The van der Waals surface area contributed by atoms with Gasteiger partial charge >= 0.3 is 0 Å². The van der Waals surface area contributed by atoms with Crippen LogP contribution >= 0.6 is 11.8 Å². The van der Waals surface area contributed by atoms with Gasteiger partial charge in [-0.3, -0.25) is 0 Å². The molecule has 0 N–H and O–H groups in total. The van der Waals surface area contributed by atoms with Gasteiger partial charge in [0.25, 0.3) is 0 Å². The van der Waals surface area contributed by atoms with Gasteiger partial charge in [0.15, 0.2) is 0 Å². The predicted octanol–water partition coefficient (Wildman–Crippen LogP) is 4.65. The largest absolute Gasteiger partial charge is 0.491 e. The fourth-order valence-electron chi connectivity index (χ4n) is 1.69. The summed E-state index contributed by atoms with van der Waals surface area (Å²) in [6.07, 6.45) is 0.204. The zero-order chi connectivity index (χ0) is 14.3. The first-order valence-electron chi connectivity index (χ1n) is 7.00. The predicted molar refractivity (Wildman–Crippen MR) is 84.0 cm³/mol. The second kappa shape index (κ2) is 8.49. The molecule has 0 radical (unpaired) electrons. The van der Waals surface area contributed by atoms with Gasteiger partial charge < -0.3 is 9.47 Å². The summed E-state index contributed by atoms with van der Waals surface area (Å²) in [5.41, 5.74) is 2.59. The summed E-state index contributed by atoms with van der Waals surface area (Å²) in [7, 11) is 0. The Morgan fingerprint density at radius 2 is 1.84 bits per heavy atom. The third-order valence-corrected chi connectivity index (χ3v) is 3.73. The molecule has 0 heterocycles. The molecule has 0 aliphatic heterocycles. The molecule has 0 amide bonds. The molecule has 0 bridgehead atoms. The van der Waals surface area contributed by atoms with Crippen LogP contribution in [0, 0.1) is 0 Å². The minimum absolute atomic E-state index is 0.204. The lowest BCUT2D eigenvalue weighted by molar-refractivity contribution is 0.133. The molecular formula is C16H26O2S. The average Bonchev–Trinajstić information content (AvgIpc) is 2.34. The first-order chi connectivity index (χ1) is 9.02. The maximum Gasteiger partial charge on any atom is 0.120 e. The zero-order valence-corrected chi connectivity index (χ0v) is 13.5. The monoisotopic (exact) mass is 282 g/mol. The van der Waals surface area contributed by atoms with E-state index in [9.17, 15) is 0 Å². The Bertz CT molecular complexity index is 375. The van der Waals surface area contributed by atoms with Crippen LogP contribution in [0.25, 0.3) is 0 Å². The van der Waals surface area contributed by atoms with Crippen molar-refractivity contribution in [3.63, 3.8) is 0 Å². The molecule has 2 nitrogen and oxygen atoms in total. The van der Waals surface area contributed by atoms with Crippen molar-refractivity contribution in [2.45, 2.75) is 58.3 Å². The standard InChI is InChI=1S/C16H26O2S/c1-6-17-10-15-9-16(18-12(2)3)8-7-14(15)11-19-13(4)5/h7-9,12-13H,6,10-11H2,1-5H3. The lowest BCUT2D eigenvalue weighted by Gasteiger charge is -2.15. The van der Waals surface area contributed by atoms with Crippen molar-refractivity contribution in [2.75, 3.05) is 6.61 Å². The summed E-state index contributed by atoms with van der Waals surface area (Å²) < 4.78 is 11.3. The summed E-state index contributed by atoms with van der Waals surface area (Å²) in [4.78, 5) is 0. The van der Waals surface area contributed by atoms with E-state index in [0.717, 1.165) is 18.1 Å². The Hall–Kier alpha value is -0.670. The number of benzene rings is 1. The third kappa shape index (κ3) is 6.35. The quantitative estimate of drug-likeness (QED) is 0.691. The minimum atomic E-state index is 0.204. The molecule has 1 rings (SSSR count). The van der Waals surface area contributed by atoms with Crippen molar-refractivity contribution in [1.82, 2.24) is 0 Å². The van der Waals surface area contributed by atoms with Crippen LogP contribution in [-0.2, 0) is 17.1 Å². The number of ether oxygens (including phenoxy) is 2. The van der Waals surface area contributed by atoms with Crippen LogP contribution in [0.2, 0.25) is 0 Å². The maximum absolute atomic E-state index is 5.75. The highest BCUT2D eigenvalue weighted by molar-refractivity contribution is 7.99. The molecule has 0 aliphatic rings. The number of rotatable bonds is 8. The van der Waals surface area contributed by atoms with Gasteiger partial charge in [-0.05, 0) is 49.3 Å². The van der Waals surface area contributed by atoms with E-state index in [4.69, 9.17) is 9.47 Å². The molecular weight excluding hydrogens is 256 g/mol. The maximum atomic E-state index is 5.75. The highest BCUT2D eigenvalue weighted by Crippen LogP contribution is 2.25. The van der Waals surface area contributed by atoms with Crippen molar-refractivity contribution in [3.8, 4) is 5.75 Å². The molecule has 108 valence electrons. The number of thioether (sulfide) groups is 1. The Morgan fingerprint density at radius 3 is 2.42 bits per heavy atom. The van der Waals surface area contributed by atoms with Gasteiger partial charge in [-0.15, -0.1) is 0 Å². The summed E-state index contributed by atoms with van der Waals surface area (Å²) in [6.45, 7) is 12.0. The van der Waals surface area contributed by atoms with Crippen molar-refractivity contribution < 1.29 is 9.47 Å². The Balaban J connectivity index is 2.82. The zero-order valence-electron chi connectivity index (χ0n) is 12.7. The van der Waals surface area contributed by atoms with Gasteiger partial charge in [-0.25, -0.2) is 0 Å². The topological polar surface area (TPSA) is 18.5 Å². The van der Waals surface area contributed by atoms with E-state index in [1.165, 1.54) is 11.1 Å². The van der Waals surface area contributed by atoms with E-state index in [1.54, 1.807) is 0 Å². The van der Waals surface area contributed by atoms with Gasteiger partial charge in [0.05, 0.1) is 12.7 Å². The van der Waals surface area contributed by atoms with Crippen molar-refractivity contribution in [2.24, 2.45) is 0 Å². The molecule has 0 aliphatic carbocycles. The summed E-state index contributed by atoms with van der Waals surface area (Å²) in [6, 6.07) is 6.35. The van der Waals surface area contributed by atoms with Crippen molar-refractivity contribution >= 4 is 11.8 Å². The van der Waals surface area contributed by atoms with Crippen LogP contribution in [0.5, 0.6) is 5.75 Å². The molecule has 0 aromatic heterocycles. The van der Waals surface area contributed by atoms with E-state index in [2.05, 4.69) is 32.0 Å². The molecule has 0 atom stereocenters. The Morgan fingerprint density at radius 1 is 1.11 bits per heavy atom. The number of hydrogen-bond acceptors (Lipinski definition) is 3. The second-order valence-electron chi connectivity index (χ2n) is 5.09. The van der Waals surface area contributed by atoms with Gasteiger partial charge in [0.1, 0.15) is 5.75 Å². The smallest absolute Gasteiger partial charge is 0.120 e. The van der Waals surface area contributed by atoms with E-state index >= 15 is 0 Å². The van der Waals surface area contributed by atoms with Gasteiger partial charge in [-0.1, -0.05) is 19.9 Å². The van der Waals surface area contributed by atoms with Gasteiger partial charge in [0, 0.05) is 12.4 Å². The second-order valence-corrected chi connectivity index (χ2v) is 6.66. The molecule has 0 saturated carbocycles. The summed E-state index contributed by atoms with van der Waals surface area (Å²) >= 11 is 1.96. The van der Waals surface area contributed by atoms with E-state index in [1.807, 2.05) is 32.5 Å². The van der Waals surface area contributed by atoms with Crippen molar-refractivity contribution in [3.05, 3.63) is 29.3 Å². The Labute approximate surface area is 121 Å². The molecule has 0 spiro atoms. The highest BCUT2D eigenvalue weighted by Gasteiger charge is 2.07. The molecule has 1 aromatic carbocycles. The first-order valence-corrected chi connectivity index (χ1v) is 8.05. The Kier molecular flexibility index (Phi) is 7.32. The highest BCUT2D eigenvalue weighted by atomic mass is 32.2. The normalized spacial score (nSPS) is 11.3. The first kappa shape index (κ1) is 16.4. The molecule has 0 saturated heterocycles. The van der Waals surface area contributed by atoms with Crippen LogP contribution < -0.4 is 4.74 Å². The molecule has 19 heavy (non-hydrogen) atoms. The van der Waals surface area contributed by atoms with Crippen molar-refractivity contribution in [1.29, 1.82) is 0 Å². The summed E-state index contributed by atoms with van der Waals surface area (Å²) in [5.74, 6) is 1.96. The average molecular weight is 282 g/mol. The minimum Gasteiger partial charge on any atom is -0.491 e. The molecule has 0 unspecified atom stereocenters. The number of hydrogen-bond donors (Lipinski definition) is 0. The van der Waals surface area contributed by atoms with Crippen LogP contribution in [0.15, 0.2) is 18.2 Å². The molecule has 3 heteroatoms. The van der Waals surface area contributed by atoms with Gasteiger partial charge in [0.2, 0.25) is 0 Å². The van der Waals surface area contributed by atoms with Crippen LogP contribution in [0.4, 0.5) is 0 Å². The fraction of sp³-hybridized carbons (Fsp3) is 0.625. The van der Waals surface area contributed by atoms with Gasteiger partial charge in [-0.2, -0.15) is 11.8 Å². The fourth-order valence-corrected chi connectivity index (χ4v) is 2.49. The third-order valence-electron chi connectivity index (χ3n) is 2.58. The van der Waals surface area contributed by atoms with Crippen LogP contribution in [0.1, 0.15) is 45.7 Å². The molecule has 0 fully saturated rings. The summed E-state index contributed by atoms with van der Waals surface area (Å²) in [5, 5.41) is 0.645.